The number of hydrogen-bond acceptors (Lipinski definition) is 4. The molecule has 0 bridgehead atoms. The number of rotatable bonds is 7. The fourth-order valence-corrected chi connectivity index (χ4v) is 3.66. The van der Waals surface area contributed by atoms with Gasteiger partial charge in [-0.25, -0.2) is 4.79 Å². The van der Waals surface area contributed by atoms with E-state index in [1.165, 1.54) is 13.2 Å². The van der Waals surface area contributed by atoms with Crippen LogP contribution in [-0.4, -0.2) is 48.4 Å². The van der Waals surface area contributed by atoms with Gasteiger partial charge < -0.3 is 15.0 Å². The maximum atomic E-state index is 13.1. The van der Waals surface area contributed by atoms with E-state index < -0.39 is 11.5 Å². The SMILES string of the molecule is CCN(CC)C(=O)C1(NC(=O)/C=C/c2ccc(C(=O)OC)cc2)CCCCC1. The number of carbonyl (C=O) groups excluding carboxylic acids is 3. The fourth-order valence-electron chi connectivity index (χ4n) is 3.66. The molecule has 28 heavy (non-hydrogen) atoms. The number of benzene rings is 1. The lowest BCUT2D eigenvalue weighted by Gasteiger charge is -2.39. The Labute approximate surface area is 166 Å². The van der Waals surface area contributed by atoms with Gasteiger partial charge in [-0.1, -0.05) is 31.4 Å². The molecular formula is C22H30N2O4. The summed E-state index contributed by atoms with van der Waals surface area (Å²) in [5, 5.41) is 3.00. The number of likely N-dealkylation sites (N-methyl/N-ethyl adjacent to an activating group) is 1. The van der Waals surface area contributed by atoms with Crippen LogP contribution in [0.1, 0.15) is 61.9 Å². The second-order valence-electron chi connectivity index (χ2n) is 7.06. The number of ether oxygens (including phenoxy) is 1. The molecule has 2 amide bonds. The van der Waals surface area contributed by atoms with Crippen molar-refractivity contribution in [3.8, 4) is 0 Å². The number of esters is 1. The van der Waals surface area contributed by atoms with E-state index in [1.54, 1.807) is 35.2 Å². The zero-order valence-corrected chi connectivity index (χ0v) is 17.0. The Morgan fingerprint density at radius 3 is 2.21 bits per heavy atom. The van der Waals surface area contributed by atoms with E-state index in [9.17, 15) is 14.4 Å². The van der Waals surface area contributed by atoms with E-state index >= 15 is 0 Å². The molecule has 1 aromatic carbocycles. The van der Waals surface area contributed by atoms with Gasteiger partial charge in [-0.05, 0) is 50.5 Å². The summed E-state index contributed by atoms with van der Waals surface area (Å²) < 4.78 is 4.67. The van der Waals surface area contributed by atoms with Gasteiger partial charge in [0, 0.05) is 19.2 Å². The number of methoxy groups -OCH3 is 1. The second-order valence-corrected chi connectivity index (χ2v) is 7.06. The lowest BCUT2D eigenvalue weighted by atomic mass is 9.80. The van der Waals surface area contributed by atoms with Gasteiger partial charge in [0.15, 0.2) is 0 Å². The van der Waals surface area contributed by atoms with Crippen molar-refractivity contribution in [1.29, 1.82) is 0 Å². The van der Waals surface area contributed by atoms with Crippen molar-refractivity contribution in [3.05, 3.63) is 41.5 Å². The summed E-state index contributed by atoms with van der Waals surface area (Å²) in [7, 11) is 1.33. The third-order valence-corrected chi connectivity index (χ3v) is 5.29. The minimum atomic E-state index is -0.805. The van der Waals surface area contributed by atoms with Crippen molar-refractivity contribution in [2.45, 2.75) is 51.5 Å². The van der Waals surface area contributed by atoms with Crippen molar-refractivity contribution < 1.29 is 19.1 Å². The standard InChI is InChI=1S/C22H30N2O4/c1-4-24(5-2)21(27)22(15-7-6-8-16-22)23-19(25)14-11-17-9-12-18(13-10-17)20(26)28-3/h9-14H,4-8,15-16H2,1-3H3,(H,23,25)/b14-11+. The molecule has 0 saturated heterocycles. The zero-order valence-electron chi connectivity index (χ0n) is 17.0. The number of nitrogens with one attached hydrogen (secondary N) is 1. The largest absolute Gasteiger partial charge is 0.465 e. The molecule has 0 spiro atoms. The van der Waals surface area contributed by atoms with Crippen LogP contribution in [0.15, 0.2) is 30.3 Å². The lowest BCUT2D eigenvalue weighted by Crippen LogP contribution is -2.60. The van der Waals surface area contributed by atoms with E-state index in [0.29, 0.717) is 31.5 Å². The van der Waals surface area contributed by atoms with E-state index in [2.05, 4.69) is 10.1 Å². The van der Waals surface area contributed by atoms with Crippen LogP contribution in [-0.2, 0) is 14.3 Å². The molecule has 1 saturated carbocycles. The minimum Gasteiger partial charge on any atom is -0.465 e. The molecule has 0 unspecified atom stereocenters. The van der Waals surface area contributed by atoms with E-state index in [4.69, 9.17) is 0 Å². The van der Waals surface area contributed by atoms with E-state index in [1.807, 2.05) is 13.8 Å². The Kier molecular flexibility index (Phi) is 7.79. The van der Waals surface area contributed by atoms with Crippen LogP contribution in [0.2, 0.25) is 0 Å². The Hall–Kier alpha value is -2.63. The highest BCUT2D eigenvalue weighted by Crippen LogP contribution is 2.30. The fraction of sp³-hybridized carbons (Fsp3) is 0.500. The van der Waals surface area contributed by atoms with Gasteiger partial charge in [-0.15, -0.1) is 0 Å². The monoisotopic (exact) mass is 386 g/mol. The number of nitrogens with zero attached hydrogens (tertiary/aromatic N) is 1. The Bertz CT molecular complexity index is 715. The van der Waals surface area contributed by atoms with E-state index in [0.717, 1.165) is 24.8 Å². The van der Waals surface area contributed by atoms with Crippen molar-refractivity contribution in [3.63, 3.8) is 0 Å². The van der Waals surface area contributed by atoms with Gasteiger partial charge in [-0.2, -0.15) is 0 Å². The molecule has 1 aliphatic carbocycles. The van der Waals surface area contributed by atoms with Gasteiger partial charge in [0.2, 0.25) is 11.8 Å². The highest BCUT2D eigenvalue weighted by molar-refractivity contribution is 5.97. The first-order valence-electron chi connectivity index (χ1n) is 9.93. The summed E-state index contributed by atoms with van der Waals surface area (Å²) >= 11 is 0. The highest BCUT2D eigenvalue weighted by atomic mass is 16.5. The summed E-state index contributed by atoms with van der Waals surface area (Å²) in [6, 6.07) is 6.78. The van der Waals surface area contributed by atoms with Crippen LogP contribution in [0, 0.1) is 0 Å². The molecule has 0 atom stereocenters. The van der Waals surface area contributed by atoms with Gasteiger partial charge >= 0.3 is 5.97 Å². The number of hydrogen-bond donors (Lipinski definition) is 1. The summed E-state index contributed by atoms with van der Waals surface area (Å²) in [6.07, 6.45) is 7.43. The number of amides is 2. The maximum Gasteiger partial charge on any atom is 0.337 e. The van der Waals surface area contributed by atoms with Crippen LogP contribution in [0.25, 0.3) is 6.08 Å². The van der Waals surface area contributed by atoms with Crippen LogP contribution >= 0.6 is 0 Å². The first-order chi connectivity index (χ1) is 13.5. The predicted octanol–water partition coefficient (Wildman–Crippen LogP) is 3.17. The molecule has 1 aliphatic rings. The summed E-state index contributed by atoms with van der Waals surface area (Å²) in [5.74, 6) is -0.664. The normalized spacial score (nSPS) is 15.8. The van der Waals surface area contributed by atoms with Crippen molar-refractivity contribution in [1.82, 2.24) is 10.2 Å². The molecular weight excluding hydrogens is 356 g/mol. The quantitative estimate of drug-likeness (QED) is 0.577. The summed E-state index contributed by atoms with van der Waals surface area (Å²) in [4.78, 5) is 38.9. The topological polar surface area (TPSA) is 75.7 Å². The van der Waals surface area contributed by atoms with E-state index in [-0.39, 0.29) is 11.8 Å². The van der Waals surface area contributed by atoms with Gasteiger partial charge in [-0.3, -0.25) is 9.59 Å². The molecule has 0 aliphatic heterocycles. The highest BCUT2D eigenvalue weighted by Gasteiger charge is 2.42. The Morgan fingerprint density at radius 1 is 1.07 bits per heavy atom. The summed E-state index contributed by atoms with van der Waals surface area (Å²) in [5.41, 5.74) is 0.436. The van der Waals surface area contributed by atoms with Crippen LogP contribution in [0.3, 0.4) is 0 Å². The predicted molar refractivity (Wildman–Crippen MR) is 109 cm³/mol. The van der Waals surface area contributed by atoms with Crippen LogP contribution in [0.4, 0.5) is 0 Å². The van der Waals surface area contributed by atoms with Gasteiger partial charge in [0.05, 0.1) is 12.7 Å². The average molecular weight is 386 g/mol. The Morgan fingerprint density at radius 2 is 1.68 bits per heavy atom. The van der Waals surface area contributed by atoms with Crippen LogP contribution < -0.4 is 5.32 Å². The second kappa shape index (κ2) is 10.1. The van der Waals surface area contributed by atoms with Gasteiger partial charge in [0.25, 0.3) is 0 Å². The smallest absolute Gasteiger partial charge is 0.337 e. The van der Waals surface area contributed by atoms with Crippen molar-refractivity contribution in [2.75, 3.05) is 20.2 Å². The molecule has 6 heteroatoms. The Balaban J connectivity index is 2.10. The van der Waals surface area contributed by atoms with Crippen LogP contribution in [0.5, 0.6) is 0 Å². The lowest BCUT2D eigenvalue weighted by molar-refractivity contribution is -0.142. The first-order valence-corrected chi connectivity index (χ1v) is 9.93. The molecule has 2 rings (SSSR count). The third kappa shape index (κ3) is 5.21. The van der Waals surface area contributed by atoms with Gasteiger partial charge in [0.1, 0.15) is 5.54 Å². The molecule has 0 radical (unpaired) electrons. The van der Waals surface area contributed by atoms with Crippen molar-refractivity contribution >= 4 is 23.9 Å². The third-order valence-electron chi connectivity index (χ3n) is 5.29. The summed E-state index contributed by atoms with van der Waals surface area (Å²) in [6.45, 7) is 5.18. The maximum absolute atomic E-state index is 13.1. The first kappa shape index (κ1) is 21.7. The van der Waals surface area contributed by atoms with Crippen molar-refractivity contribution in [2.24, 2.45) is 0 Å². The minimum absolute atomic E-state index is 0.0152. The average Bonchev–Trinajstić information content (AvgIpc) is 2.73. The molecule has 1 aromatic rings. The number of carbonyl (C=O) groups is 3. The molecule has 0 heterocycles. The molecule has 6 nitrogen and oxygen atoms in total. The molecule has 1 N–H and O–H groups in total. The molecule has 0 aromatic heterocycles. The molecule has 152 valence electrons. The zero-order chi connectivity index (χ0) is 20.6. The molecule has 1 fully saturated rings.